The first-order valence-electron chi connectivity index (χ1n) is 6.95. The Hall–Kier alpha value is -1.73. The highest BCUT2D eigenvalue weighted by atomic mass is 16.7. The van der Waals surface area contributed by atoms with Gasteiger partial charge in [0, 0.05) is 31.1 Å². The first-order chi connectivity index (χ1) is 9.78. The molecule has 3 heterocycles. The Balaban J connectivity index is 1.83. The van der Waals surface area contributed by atoms with Crippen LogP contribution in [0.5, 0.6) is 0 Å². The summed E-state index contributed by atoms with van der Waals surface area (Å²) in [5.74, 6) is 0.642. The largest absolute Gasteiger partial charge is 0.498 e. The Morgan fingerprint density at radius 2 is 1.57 bits per heavy atom. The normalized spacial score (nSPS) is 20.0. The molecule has 1 aliphatic heterocycles. The van der Waals surface area contributed by atoms with Crippen LogP contribution in [0.3, 0.4) is 0 Å². The maximum Gasteiger partial charge on any atom is 0.498 e. The average Bonchev–Trinajstić information content (AvgIpc) is 2.92. The minimum absolute atomic E-state index is 0.361. The van der Waals surface area contributed by atoms with Crippen LogP contribution < -0.4 is 5.46 Å². The maximum absolute atomic E-state index is 5.98. The summed E-state index contributed by atoms with van der Waals surface area (Å²) in [6.45, 7) is 8.10. The SMILES string of the molecule is Cn1cc(-c2ncc(B3OC(C)(C)C(C)(C)O3)cn2)cn1. The van der Waals surface area contributed by atoms with Crippen molar-refractivity contribution in [1.82, 2.24) is 19.7 Å². The van der Waals surface area contributed by atoms with Gasteiger partial charge >= 0.3 is 7.12 Å². The molecule has 0 radical (unpaired) electrons. The average molecular weight is 286 g/mol. The van der Waals surface area contributed by atoms with Gasteiger partial charge in [-0.3, -0.25) is 4.68 Å². The Labute approximate surface area is 124 Å². The Kier molecular flexibility index (Phi) is 3.14. The Bertz CT molecular complexity index is 635. The number of rotatable bonds is 2. The fourth-order valence-corrected chi connectivity index (χ4v) is 2.12. The standard InChI is InChI=1S/C14H19BN4O2/c1-13(2)14(3,4)21-15(20-13)11-7-16-12(17-8-11)10-6-18-19(5)9-10/h6-9H,1-5H3. The molecule has 0 spiro atoms. The van der Waals surface area contributed by atoms with Crippen molar-refractivity contribution >= 4 is 12.6 Å². The van der Waals surface area contributed by atoms with Crippen LogP contribution >= 0.6 is 0 Å². The van der Waals surface area contributed by atoms with Gasteiger partial charge in [-0.05, 0) is 27.7 Å². The zero-order valence-electron chi connectivity index (χ0n) is 13.0. The predicted octanol–water partition coefficient (Wildman–Crippen LogP) is 1.18. The van der Waals surface area contributed by atoms with Crippen molar-refractivity contribution in [1.29, 1.82) is 0 Å². The number of hydrogen-bond acceptors (Lipinski definition) is 5. The highest BCUT2D eigenvalue weighted by Crippen LogP contribution is 2.36. The third-order valence-electron chi connectivity index (χ3n) is 4.16. The summed E-state index contributed by atoms with van der Waals surface area (Å²) >= 11 is 0. The summed E-state index contributed by atoms with van der Waals surface area (Å²) in [6.07, 6.45) is 7.11. The molecule has 0 saturated carbocycles. The highest BCUT2D eigenvalue weighted by Gasteiger charge is 2.51. The van der Waals surface area contributed by atoms with E-state index in [2.05, 4.69) is 15.1 Å². The van der Waals surface area contributed by atoms with Crippen molar-refractivity contribution in [3.8, 4) is 11.4 Å². The van der Waals surface area contributed by atoms with E-state index in [1.54, 1.807) is 23.3 Å². The molecule has 0 bridgehead atoms. The van der Waals surface area contributed by atoms with Crippen molar-refractivity contribution in [3.63, 3.8) is 0 Å². The highest BCUT2D eigenvalue weighted by molar-refractivity contribution is 6.61. The first-order valence-corrected chi connectivity index (χ1v) is 6.95. The van der Waals surface area contributed by atoms with E-state index in [1.165, 1.54) is 0 Å². The molecule has 21 heavy (non-hydrogen) atoms. The van der Waals surface area contributed by atoms with Gasteiger partial charge in [0.1, 0.15) is 0 Å². The summed E-state index contributed by atoms with van der Waals surface area (Å²) < 4.78 is 13.7. The van der Waals surface area contributed by atoms with E-state index >= 15 is 0 Å². The van der Waals surface area contributed by atoms with E-state index in [0.29, 0.717) is 5.82 Å². The topological polar surface area (TPSA) is 62.1 Å². The van der Waals surface area contributed by atoms with E-state index < -0.39 is 7.12 Å². The molecule has 0 N–H and O–H groups in total. The second-order valence-corrected chi connectivity index (χ2v) is 6.33. The lowest BCUT2D eigenvalue weighted by molar-refractivity contribution is 0.00578. The molecule has 0 unspecified atom stereocenters. The third kappa shape index (κ3) is 2.47. The van der Waals surface area contributed by atoms with Gasteiger partial charge in [-0.15, -0.1) is 0 Å². The van der Waals surface area contributed by atoms with E-state index in [-0.39, 0.29) is 11.2 Å². The van der Waals surface area contributed by atoms with Gasteiger partial charge in [0.15, 0.2) is 5.82 Å². The quantitative estimate of drug-likeness (QED) is 0.776. The van der Waals surface area contributed by atoms with Crippen LogP contribution in [0.15, 0.2) is 24.8 Å². The van der Waals surface area contributed by atoms with Gasteiger partial charge in [0.25, 0.3) is 0 Å². The van der Waals surface area contributed by atoms with Gasteiger partial charge in [-0.1, -0.05) is 0 Å². The predicted molar refractivity (Wildman–Crippen MR) is 80.0 cm³/mol. The molecule has 0 amide bonds. The lowest BCUT2D eigenvalue weighted by Crippen LogP contribution is -2.41. The first kappa shape index (κ1) is 14.2. The lowest BCUT2D eigenvalue weighted by atomic mass is 9.81. The van der Waals surface area contributed by atoms with Crippen LogP contribution in [0, 0.1) is 0 Å². The van der Waals surface area contributed by atoms with Crippen LogP contribution in [0.2, 0.25) is 0 Å². The second kappa shape index (κ2) is 4.64. The molecule has 0 aromatic carbocycles. The molecule has 110 valence electrons. The summed E-state index contributed by atoms with van der Waals surface area (Å²) in [4.78, 5) is 8.76. The minimum Gasteiger partial charge on any atom is -0.399 e. The fraction of sp³-hybridized carbons (Fsp3) is 0.500. The Morgan fingerprint density at radius 1 is 1.00 bits per heavy atom. The number of nitrogens with zero attached hydrogens (tertiary/aromatic N) is 4. The summed E-state index contributed by atoms with van der Waals surface area (Å²) in [7, 11) is 1.43. The molecule has 2 aromatic heterocycles. The van der Waals surface area contributed by atoms with Crippen molar-refractivity contribution in [3.05, 3.63) is 24.8 Å². The van der Waals surface area contributed by atoms with E-state index in [9.17, 15) is 0 Å². The van der Waals surface area contributed by atoms with Gasteiger partial charge in [0.2, 0.25) is 0 Å². The van der Waals surface area contributed by atoms with Gasteiger partial charge in [0.05, 0.1) is 23.0 Å². The van der Waals surface area contributed by atoms with Crippen LogP contribution in [0.1, 0.15) is 27.7 Å². The second-order valence-electron chi connectivity index (χ2n) is 6.33. The zero-order valence-corrected chi connectivity index (χ0v) is 13.0. The van der Waals surface area contributed by atoms with Crippen LogP contribution in [-0.4, -0.2) is 38.1 Å². The molecule has 2 aromatic rings. The molecule has 3 rings (SSSR count). The molecular formula is C14H19BN4O2. The fourth-order valence-electron chi connectivity index (χ4n) is 2.12. The molecule has 1 aliphatic rings. The molecule has 0 aliphatic carbocycles. The van der Waals surface area contributed by atoms with Crippen molar-refractivity contribution in [2.45, 2.75) is 38.9 Å². The molecular weight excluding hydrogens is 267 g/mol. The zero-order chi connectivity index (χ0) is 15.3. The maximum atomic E-state index is 5.98. The molecule has 7 heteroatoms. The van der Waals surface area contributed by atoms with Crippen LogP contribution in [-0.2, 0) is 16.4 Å². The van der Waals surface area contributed by atoms with E-state index in [4.69, 9.17) is 9.31 Å². The molecule has 6 nitrogen and oxygen atoms in total. The van der Waals surface area contributed by atoms with Crippen molar-refractivity contribution in [2.75, 3.05) is 0 Å². The van der Waals surface area contributed by atoms with Gasteiger partial charge in [-0.25, -0.2) is 9.97 Å². The Morgan fingerprint density at radius 3 is 2.05 bits per heavy atom. The molecule has 1 saturated heterocycles. The number of hydrogen-bond donors (Lipinski definition) is 0. The van der Waals surface area contributed by atoms with E-state index in [0.717, 1.165) is 11.0 Å². The summed E-state index contributed by atoms with van der Waals surface area (Å²) in [5, 5.41) is 4.12. The molecule has 1 fully saturated rings. The summed E-state index contributed by atoms with van der Waals surface area (Å²) in [6, 6.07) is 0. The van der Waals surface area contributed by atoms with Gasteiger partial charge in [-0.2, -0.15) is 5.10 Å². The van der Waals surface area contributed by atoms with Crippen LogP contribution in [0.25, 0.3) is 11.4 Å². The number of aromatic nitrogens is 4. The van der Waals surface area contributed by atoms with E-state index in [1.807, 2.05) is 40.9 Å². The third-order valence-corrected chi connectivity index (χ3v) is 4.16. The molecule has 0 atom stereocenters. The van der Waals surface area contributed by atoms with Crippen LogP contribution in [0.4, 0.5) is 0 Å². The van der Waals surface area contributed by atoms with Gasteiger partial charge < -0.3 is 9.31 Å². The minimum atomic E-state index is -0.432. The monoisotopic (exact) mass is 286 g/mol. The van der Waals surface area contributed by atoms with Crippen molar-refractivity contribution in [2.24, 2.45) is 7.05 Å². The smallest absolute Gasteiger partial charge is 0.399 e. The lowest BCUT2D eigenvalue weighted by Gasteiger charge is -2.32. The summed E-state index contributed by atoms with van der Waals surface area (Å²) in [5.41, 5.74) is 0.985. The van der Waals surface area contributed by atoms with Crippen molar-refractivity contribution < 1.29 is 9.31 Å². The number of aryl methyl sites for hydroxylation is 1.